The zero-order valence-corrected chi connectivity index (χ0v) is 16.3. The number of ether oxygens (including phenoxy) is 1. The Hall–Kier alpha value is -2.46. The Morgan fingerprint density at radius 2 is 1.79 bits per heavy atom. The summed E-state index contributed by atoms with van der Waals surface area (Å²) in [6, 6.07) is 0. The van der Waals surface area contributed by atoms with Crippen molar-refractivity contribution in [2.75, 3.05) is 51.7 Å². The number of hydrogen-bond acceptors (Lipinski definition) is 7. The Labute approximate surface area is 162 Å². The molecule has 1 amide bonds. The molecule has 0 radical (unpaired) electrons. The molecule has 0 aromatic carbocycles. The average molecular weight is 393 g/mol. The second-order valence-electron chi connectivity index (χ2n) is 7.40. The van der Waals surface area contributed by atoms with E-state index >= 15 is 0 Å². The van der Waals surface area contributed by atoms with Crippen molar-refractivity contribution in [3.05, 3.63) is 26.4 Å². The molecule has 3 rings (SSSR count). The molecule has 2 fully saturated rings. The Balaban J connectivity index is 1.72. The van der Waals surface area contributed by atoms with Gasteiger partial charge in [-0.15, -0.1) is 0 Å². The molecule has 2 aliphatic heterocycles. The number of amides is 1. The SMILES string of the molecule is Cn1c(N)c(C(=O)CN2CCC[C@H](C(=O)N3CCOCC3)C2)c(=O)n(C)c1=O. The summed E-state index contributed by atoms with van der Waals surface area (Å²) in [5.41, 5.74) is 4.43. The predicted octanol–water partition coefficient (Wildman–Crippen LogP) is -1.58. The number of morpholine rings is 1. The standard InChI is InChI=1S/C18H27N5O5/c1-20-15(19)14(17(26)21(2)18(20)27)13(24)11-22-5-3-4-12(10-22)16(25)23-6-8-28-9-7-23/h12H,3-11,19H2,1-2H3/t12-/m0/s1. The van der Waals surface area contributed by atoms with E-state index in [1.54, 1.807) is 0 Å². The molecule has 1 atom stereocenters. The molecule has 0 aliphatic carbocycles. The molecule has 1 aromatic heterocycles. The number of nitrogens with zero attached hydrogens (tertiary/aromatic N) is 4. The number of hydrogen-bond donors (Lipinski definition) is 1. The van der Waals surface area contributed by atoms with E-state index < -0.39 is 17.0 Å². The van der Waals surface area contributed by atoms with Crippen molar-refractivity contribution < 1.29 is 14.3 Å². The first-order valence-corrected chi connectivity index (χ1v) is 9.48. The molecule has 0 unspecified atom stereocenters. The van der Waals surface area contributed by atoms with Crippen LogP contribution in [0.15, 0.2) is 9.59 Å². The number of nitrogens with two attached hydrogens (primary N) is 1. The molecule has 10 heteroatoms. The van der Waals surface area contributed by atoms with Gasteiger partial charge in [-0.25, -0.2) is 4.79 Å². The topological polar surface area (TPSA) is 120 Å². The van der Waals surface area contributed by atoms with E-state index in [0.717, 1.165) is 22.0 Å². The maximum Gasteiger partial charge on any atom is 0.332 e. The quantitative estimate of drug-likeness (QED) is 0.613. The van der Waals surface area contributed by atoms with Crippen LogP contribution in [-0.2, 0) is 23.6 Å². The minimum Gasteiger partial charge on any atom is -0.384 e. The summed E-state index contributed by atoms with van der Waals surface area (Å²) in [6.07, 6.45) is 1.58. The van der Waals surface area contributed by atoms with Gasteiger partial charge in [-0.3, -0.25) is 28.4 Å². The molecule has 0 spiro atoms. The summed E-state index contributed by atoms with van der Waals surface area (Å²) >= 11 is 0. The molecule has 2 aliphatic rings. The van der Waals surface area contributed by atoms with E-state index in [1.165, 1.54) is 14.1 Å². The number of Topliss-reactive ketones (excluding diaryl/α,β-unsaturated/α-hetero) is 1. The Morgan fingerprint density at radius 1 is 1.11 bits per heavy atom. The lowest BCUT2D eigenvalue weighted by Crippen LogP contribution is -2.49. The van der Waals surface area contributed by atoms with E-state index in [9.17, 15) is 19.2 Å². The Morgan fingerprint density at radius 3 is 2.46 bits per heavy atom. The first-order chi connectivity index (χ1) is 13.3. The van der Waals surface area contributed by atoms with Crippen molar-refractivity contribution in [1.29, 1.82) is 0 Å². The maximum atomic E-state index is 12.8. The highest BCUT2D eigenvalue weighted by atomic mass is 16.5. The lowest BCUT2D eigenvalue weighted by molar-refractivity contribution is -0.141. The van der Waals surface area contributed by atoms with Crippen LogP contribution in [0.25, 0.3) is 0 Å². The molecular weight excluding hydrogens is 366 g/mol. The van der Waals surface area contributed by atoms with Gasteiger partial charge in [0.2, 0.25) is 5.91 Å². The number of nitrogen functional groups attached to an aromatic ring is 1. The van der Waals surface area contributed by atoms with Gasteiger partial charge < -0.3 is 15.4 Å². The van der Waals surface area contributed by atoms with Crippen LogP contribution in [0.4, 0.5) is 5.82 Å². The van der Waals surface area contributed by atoms with E-state index in [2.05, 4.69) is 0 Å². The van der Waals surface area contributed by atoms with E-state index in [4.69, 9.17) is 10.5 Å². The van der Waals surface area contributed by atoms with Gasteiger partial charge in [0.1, 0.15) is 11.4 Å². The van der Waals surface area contributed by atoms with E-state index in [1.807, 2.05) is 9.80 Å². The molecule has 2 N–H and O–H groups in total. The largest absolute Gasteiger partial charge is 0.384 e. The third-order valence-corrected chi connectivity index (χ3v) is 5.53. The fraction of sp³-hybridized carbons (Fsp3) is 0.667. The minimum absolute atomic E-state index is 0.00939. The summed E-state index contributed by atoms with van der Waals surface area (Å²) in [5, 5.41) is 0. The minimum atomic E-state index is -0.691. The van der Waals surface area contributed by atoms with Crippen LogP contribution in [0.5, 0.6) is 0 Å². The molecular formula is C18H27N5O5. The molecule has 0 bridgehead atoms. The summed E-state index contributed by atoms with van der Waals surface area (Å²) < 4.78 is 7.27. The van der Waals surface area contributed by atoms with Crippen LogP contribution >= 0.6 is 0 Å². The second-order valence-corrected chi connectivity index (χ2v) is 7.40. The van der Waals surface area contributed by atoms with Crippen molar-refractivity contribution in [3.63, 3.8) is 0 Å². The number of rotatable bonds is 4. The number of ketones is 1. The molecule has 1 aromatic rings. The number of carbonyl (C=O) groups is 2. The summed E-state index contributed by atoms with van der Waals surface area (Å²) in [4.78, 5) is 53.5. The molecule has 154 valence electrons. The number of piperidine rings is 1. The van der Waals surface area contributed by atoms with Crippen molar-refractivity contribution in [3.8, 4) is 0 Å². The van der Waals surface area contributed by atoms with Crippen LogP contribution in [0.1, 0.15) is 23.2 Å². The van der Waals surface area contributed by atoms with Crippen molar-refractivity contribution in [2.24, 2.45) is 20.0 Å². The van der Waals surface area contributed by atoms with Crippen LogP contribution < -0.4 is 17.0 Å². The summed E-state index contributed by atoms with van der Waals surface area (Å²) in [7, 11) is 2.74. The summed E-state index contributed by atoms with van der Waals surface area (Å²) in [6.45, 7) is 3.42. The monoisotopic (exact) mass is 393 g/mol. The van der Waals surface area contributed by atoms with Crippen molar-refractivity contribution >= 4 is 17.5 Å². The molecule has 28 heavy (non-hydrogen) atoms. The van der Waals surface area contributed by atoms with E-state index in [0.29, 0.717) is 39.4 Å². The van der Waals surface area contributed by atoms with Gasteiger partial charge in [0.05, 0.1) is 25.7 Å². The van der Waals surface area contributed by atoms with Gasteiger partial charge in [-0.05, 0) is 19.4 Å². The highest BCUT2D eigenvalue weighted by Gasteiger charge is 2.31. The second kappa shape index (κ2) is 8.27. The lowest BCUT2D eigenvalue weighted by Gasteiger charge is -2.35. The number of carbonyl (C=O) groups excluding carboxylic acids is 2. The number of likely N-dealkylation sites (tertiary alicyclic amines) is 1. The Bertz CT molecular complexity index is 884. The smallest absolute Gasteiger partial charge is 0.332 e. The first-order valence-electron chi connectivity index (χ1n) is 9.48. The fourth-order valence-electron chi connectivity index (χ4n) is 3.85. The lowest BCUT2D eigenvalue weighted by atomic mass is 9.96. The maximum absolute atomic E-state index is 12.8. The zero-order chi connectivity index (χ0) is 20.4. The summed E-state index contributed by atoms with van der Waals surface area (Å²) in [5.74, 6) is -0.637. The van der Waals surface area contributed by atoms with E-state index in [-0.39, 0.29) is 29.8 Å². The van der Waals surface area contributed by atoms with Crippen LogP contribution in [0, 0.1) is 5.92 Å². The fourth-order valence-corrected chi connectivity index (χ4v) is 3.85. The molecule has 0 saturated carbocycles. The third-order valence-electron chi connectivity index (χ3n) is 5.53. The molecule has 10 nitrogen and oxygen atoms in total. The number of aromatic nitrogens is 2. The van der Waals surface area contributed by atoms with Crippen LogP contribution in [0.2, 0.25) is 0 Å². The average Bonchev–Trinajstić information content (AvgIpc) is 2.71. The van der Waals surface area contributed by atoms with Gasteiger partial charge >= 0.3 is 5.69 Å². The first kappa shape index (κ1) is 20.3. The zero-order valence-electron chi connectivity index (χ0n) is 16.3. The predicted molar refractivity (Wildman–Crippen MR) is 102 cm³/mol. The van der Waals surface area contributed by atoms with Crippen LogP contribution in [0.3, 0.4) is 0 Å². The van der Waals surface area contributed by atoms with Gasteiger partial charge in [0.25, 0.3) is 5.56 Å². The normalized spacial score (nSPS) is 20.9. The van der Waals surface area contributed by atoms with Crippen molar-refractivity contribution in [2.45, 2.75) is 12.8 Å². The Kier molecular flexibility index (Phi) is 5.99. The highest BCUT2D eigenvalue weighted by molar-refractivity contribution is 6.01. The van der Waals surface area contributed by atoms with Gasteiger partial charge in [-0.2, -0.15) is 0 Å². The van der Waals surface area contributed by atoms with Gasteiger partial charge in [0, 0.05) is 33.7 Å². The molecule has 2 saturated heterocycles. The third kappa shape index (κ3) is 3.88. The number of anilines is 1. The van der Waals surface area contributed by atoms with Gasteiger partial charge in [-0.1, -0.05) is 0 Å². The van der Waals surface area contributed by atoms with Gasteiger partial charge in [0.15, 0.2) is 5.78 Å². The molecule has 3 heterocycles. The van der Waals surface area contributed by atoms with Crippen molar-refractivity contribution in [1.82, 2.24) is 18.9 Å². The highest BCUT2D eigenvalue weighted by Crippen LogP contribution is 2.20. The van der Waals surface area contributed by atoms with Crippen LogP contribution in [-0.4, -0.2) is 76.6 Å².